The van der Waals surface area contributed by atoms with Crippen LogP contribution in [0.5, 0.6) is 0 Å². The van der Waals surface area contributed by atoms with Gasteiger partial charge in [0.1, 0.15) is 0 Å². The summed E-state index contributed by atoms with van der Waals surface area (Å²) >= 11 is 0. The third kappa shape index (κ3) is 6.06. The maximum absolute atomic E-state index is 10.2. The van der Waals surface area contributed by atoms with Crippen molar-refractivity contribution >= 4 is 11.9 Å². The Bertz CT molecular complexity index is 782. The van der Waals surface area contributed by atoms with Crippen LogP contribution in [0.15, 0.2) is 11.6 Å². The van der Waals surface area contributed by atoms with Crippen LogP contribution in [0.3, 0.4) is 0 Å². The first-order valence-corrected chi connectivity index (χ1v) is 14.2. The predicted molar refractivity (Wildman–Crippen MR) is 146 cm³/mol. The first-order valence-electron chi connectivity index (χ1n) is 14.2. The fourth-order valence-electron chi connectivity index (χ4n) is 8.81. The van der Waals surface area contributed by atoms with E-state index in [2.05, 4.69) is 40.7 Å². The number of nitrogens with one attached hydrogen (secondary N) is 3. The van der Waals surface area contributed by atoms with Gasteiger partial charge in [-0.1, -0.05) is 65.5 Å². The Morgan fingerprint density at radius 2 is 1.71 bits per heavy atom. The largest absolute Gasteiger partial charge is 0.393 e. The van der Waals surface area contributed by atoms with Crippen LogP contribution in [0.25, 0.3) is 0 Å². The molecule has 0 bridgehead atoms. The monoisotopic (exact) mass is 487 g/mol. The minimum atomic E-state index is -0.312. The Morgan fingerprint density at radius 3 is 2.31 bits per heavy atom. The van der Waals surface area contributed by atoms with Crippen molar-refractivity contribution in [3.05, 3.63) is 11.6 Å². The molecule has 0 amide bonds. The van der Waals surface area contributed by atoms with Crippen molar-refractivity contribution in [3.8, 4) is 0 Å². The lowest BCUT2D eigenvalue weighted by molar-refractivity contribution is -0.0573. The molecule has 4 aliphatic carbocycles. The van der Waals surface area contributed by atoms with E-state index in [4.69, 9.17) is 22.3 Å². The number of hydrogen-bond donors (Lipinski definition) is 6. The first kappa shape index (κ1) is 28.0. The Balaban J connectivity index is 0.000000429. The maximum Gasteiger partial charge on any atom is 0.192 e. The highest BCUT2D eigenvalue weighted by molar-refractivity contribution is 5.93. The topological polar surface area (TPSA) is 132 Å². The molecule has 6 nitrogen and oxygen atoms in total. The lowest BCUT2D eigenvalue weighted by Gasteiger charge is -2.58. The highest BCUT2D eigenvalue weighted by Crippen LogP contribution is 2.67. The second-order valence-corrected chi connectivity index (χ2v) is 13.1. The highest BCUT2D eigenvalue weighted by Gasteiger charge is 2.59. The molecule has 4 aliphatic rings. The number of nitrogens with two attached hydrogens (primary N) is 2. The van der Waals surface area contributed by atoms with Gasteiger partial charge in [0, 0.05) is 0 Å². The third-order valence-corrected chi connectivity index (χ3v) is 10.5. The second kappa shape index (κ2) is 11.2. The molecule has 1 unspecified atom stereocenters. The van der Waals surface area contributed by atoms with Crippen molar-refractivity contribution in [1.29, 1.82) is 10.8 Å². The summed E-state index contributed by atoms with van der Waals surface area (Å²) in [6, 6.07) is 0. The van der Waals surface area contributed by atoms with Crippen molar-refractivity contribution in [2.45, 2.75) is 111 Å². The molecule has 3 fully saturated rings. The van der Waals surface area contributed by atoms with Gasteiger partial charge in [-0.05, 0) is 97.7 Å². The quantitative estimate of drug-likeness (QED) is 0.167. The van der Waals surface area contributed by atoms with Gasteiger partial charge in [-0.2, -0.15) is 0 Å². The van der Waals surface area contributed by atoms with E-state index in [1.165, 1.54) is 57.8 Å². The summed E-state index contributed by atoms with van der Waals surface area (Å²) in [6.45, 7) is 12.6. The molecular formula is C29H53N5O. The van der Waals surface area contributed by atoms with E-state index >= 15 is 0 Å². The maximum atomic E-state index is 10.2. The number of aliphatic hydroxyl groups excluding tert-OH is 1. The molecule has 0 aromatic heterocycles. The van der Waals surface area contributed by atoms with Gasteiger partial charge in [-0.25, -0.2) is 0 Å². The summed E-state index contributed by atoms with van der Waals surface area (Å²) in [7, 11) is 0. The van der Waals surface area contributed by atoms with Gasteiger partial charge in [0.05, 0.1) is 6.10 Å². The minimum Gasteiger partial charge on any atom is -0.393 e. The summed E-state index contributed by atoms with van der Waals surface area (Å²) in [5.41, 5.74) is 12.1. The summed E-state index contributed by atoms with van der Waals surface area (Å²) in [4.78, 5) is 0. The van der Waals surface area contributed by atoms with Gasteiger partial charge >= 0.3 is 0 Å². The normalized spacial score (nSPS) is 38.7. The lowest BCUT2D eigenvalue weighted by Crippen LogP contribution is -2.50. The molecule has 6 heteroatoms. The van der Waals surface area contributed by atoms with Crippen molar-refractivity contribution in [2.24, 2.45) is 57.8 Å². The zero-order valence-electron chi connectivity index (χ0n) is 23.0. The number of aliphatic hydroxyl groups is 1. The molecule has 0 radical (unpaired) electrons. The van der Waals surface area contributed by atoms with Gasteiger partial charge in [0.2, 0.25) is 0 Å². The fourth-order valence-corrected chi connectivity index (χ4v) is 8.81. The van der Waals surface area contributed by atoms with E-state index < -0.39 is 0 Å². The lowest BCUT2D eigenvalue weighted by atomic mass is 9.47. The second-order valence-electron chi connectivity index (χ2n) is 13.1. The summed E-state index contributed by atoms with van der Waals surface area (Å²) in [5.74, 6) is 4.83. The zero-order chi connectivity index (χ0) is 26.0. The van der Waals surface area contributed by atoms with E-state index in [0.717, 1.165) is 48.3 Å². The zero-order valence-corrected chi connectivity index (χ0v) is 23.0. The third-order valence-electron chi connectivity index (χ3n) is 10.5. The first-order chi connectivity index (χ1) is 16.4. The van der Waals surface area contributed by atoms with Crippen LogP contribution >= 0.6 is 0 Å². The molecular weight excluding hydrogens is 434 g/mol. The van der Waals surface area contributed by atoms with Crippen molar-refractivity contribution in [2.75, 3.05) is 0 Å². The molecule has 0 aromatic carbocycles. The highest BCUT2D eigenvalue weighted by atomic mass is 16.3. The standard InChI is InChI=1S/C27H46O.C2H7N5/c1-18(2)7-6-8-19(3)23-11-12-24-22-10-9-20-17-21(28)13-15-26(20,4)25(22)14-16-27(23,24)5;3-1(4)7-2(5)6/h9,18-19,21-25,28H,6-8,10-17H2,1-5H3;(H7,3,4,5,6,7)/t19?,21-,22-,23+,24-,25-,26-,27+;/m0./s1. The molecule has 200 valence electrons. The van der Waals surface area contributed by atoms with Crippen LogP contribution in [0.1, 0.15) is 105 Å². The van der Waals surface area contributed by atoms with Crippen LogP contribution in [-0.2, 0) is 0 Å². The Hall–Kier alpha value is -1.56. The Labute approximate surface area is 214 Å². The van der Waals surface area contributed by atoms with E-state index in [-0.39, 0.29) is 18.0 Å². The fraction of sp³-hybridized carbons (Fsp3) is 0.862. The Morgan fingerprint density at radius 1 is 1.03 bits per heavy atom. The van der Waals surface area contributed by atoms with Gasteiger partial charge in [-0.15, -0.1) is 0 Å². The van der Waals surface area contributed by atoms with Gasteiger partial charge < -0.3 is 16.6 Å². The minimum absolute atomic E-state index is 0.0766. The van der Waals surface area contributed by atoms with Crippen LogP contribution in [0.2, 0.25) is 0 Å². The molecule has 0 saturated heterocycles. The Kier molecular flexibility index (Phi) is 8.99. The van der Waals surface area contributed by atoms with Gasteiger partial charge in [-0.3, -0.25) is 16.1 Å². The van der Waals surface area contributed by atoms with Crippen LogP contribution in [0.4, 0.5) is 0 Å². The average molecular weight is 488 g/mol. The number of allylic oxidation sites excluding steroid dienone is 1. The number of fused-ring (bicyclic) bond motifs is 5. The van der Waals surface area contributed by atoms with E-state index in [1.54, 1.807) is 5.57 Å². The predicted octanol–water partition coefficient (Wildman–Crippen LogP) is 5.75. The van der Waals surface area contributed by atoms with Crippen LogP contribution in [0, 0.1) is 57.2 Å². The smallest absolute Gasteiger partial charge is 0.192 e. The van der Waals surface area contributed by atoms with Crippen LogP contribution < -0.4 is 16.8 Å². The van der Waals surface area contributed by atoms with Crippen LogP contribution in [-0.4, -0.2) is 23.1 Å². The molecule has 8 N–H and O–H groups in total. The molecule has 0 aromatic rings. The molecule has 8 atom stereocenters. The van der Waals surface area contributed by atoms with Crippen molar-refractivity contribution in [3.63, 3.8) is 0 Å². The number of rotatable bonds is 5. The summed E-state index contributed by atoms with van der Waals surface area (Å²) in [6.07, 6.45) is 17.2. The van der Waals surface area contributed by atoms with Gasteiger partial charge in [0.15, 0.2) is 11.9 Å². The summed E-state index contributed by atoms with van der Waals surface area (Å²) in [5, 5.41) is 25.2. The molecule has 35 heavy (non-hydrogen) atoms. The van der Waals surface area contributed by atoms with E-state index in [1.807, 2.05) is 5.32 Å². The SMILES string of the molecule is CC(C)CCCC(C)[C@H]1CC[C@H]2[C@@H]3CC=C4C[C@@H](O)CC[C@]4(C)[C@H]3CC[C@]12C.N=C(N)NC(=N)N. The van der Waals surface area contributed by atoms with E-state index in [0.29, 0.717) is 10.8 Å². The molecule has 0 aliphatic heterocycles. The van der Waals surface area contributed by atoms with Crippen molar-refractivity contribution in [1.82, 2.24) is 5.32 Å². The molecule has 4 rings (SSSR count). The number of guanidine groups is 2. The average Bonchev–Trinajstić information content (AvgIpc) is 3.10. The van der Waals surface area contributed by atoms with Gasteiger partial charge in [0.25, 0.3) is 0 Å². The number of hydrogen-bond acceptors (Lipinski definition) is 3. The van der Waals surface area contributed by atoms with Crippen molar-refractivity contribution < 1.29 is 5.11 Å². The molecule has 3 saturated carbocycles. The molecule has 0 spiro atoms. The molecule has 0 heterocycles. The van der Waals surface area contributed by atoms with E-state index in [9.17, 15) is 5.11 Å². The summed E-state index contributed by atoms with van der Waals surface area (Å²) < 4.78 is 0.